The maximum Gasteiger partial charge on any atom is 0.121 e. The van der Waals surface area contributed by atoms with Crippen LogP contribution in [0.2, 0.25) is 0 Å². The topological polar surface area (TPSA) is 43.0 Å². The van der Waals surface area contributed by atoms with Gasteiger partial charge in [-0.2, -0.15) is 0 Å². The van der Waals surface area contributed by atoms with Crippen molar-refractivity contribution in [1.82, 2.24) is 0 Å². The number of nitrogens with one attached hydrogen (secondary N) is 1. The van der Waals surface area contributed by atoms with Crippen LogP contribution in [0.5, 0.6) is 11.5 Å². The third-order valence-electron chi connectivity index (χ3n) is 4.96. The molecule has 0 fully saturated rings. The van der Waals surface area contributed by atoms with Gasteiger partial charge in [-0.05, 0) is 57.2 Å². The van der Waals surface area contributed by atoms with E-state index in [1.54, 1.807) is 0 Å². The van der Waals surface area contributed by atoms with Crippen molar-refractivity contribution < 1.29 is 14.3 Å². The zero-order valence-corrected chi connectivity index (χ0v) is 18.2. The highest BCUT2D eigenvalue weighted by atomic mass is 16.7. The minimum atomic E-state index is 0.529. The molecule has 160 valence electrons. The molecule has 0 saturated heterocycles. The summed E-state index contributed by atoms with van der Waals surface area (Å²) < 4.78 is 11.4. The van der Waals surface area contributed by atoms with Gasteiger partial charge < -0.3 is 14.8 Å². The van der Waals surface area contributed by atoms with Crippen LogP contribution in [0.1, 0.15) is 31.9 Å². The fourth-order valence-electron chi connectivity index (χ4n) is 3.67. The van der Waals surface area contributed by atoms with E-state index in [4.69, 9.17) is 14.3 Å². The first-order chi connectivity index (χ1) is 15.2. The number of fused-ring (bicyclic) bond motifs is 1. The van der Waals surface area contributed by atoms with E-state index >= 15 is 0 Å². The van der Waals surface area contributed by atoms with E-state index in [1.807, 2.05) is 74.4 Å². The lowest BCUT2D eigenvalue weighted by Crippen LogP contribution is -2.29. The fourth-order valence-corrected chi connectivity index (χ4v) is 3.67. The van der Waals surface area contributed by atoms with Crippen molar-refractivity contribution in [3.63, 3.8) is 0 Å². The molecule has 0 radical (unpaired) electrons. The number of hydroxylamine groups is 1. The molecular formula is C26H28N2O3. The first-order valence-corrected chi connectivity index (χ1v) is 10.7. The molecule has 5 nitrogen and oxygen atoms in total. The van der Waals surface area contributed by atoms with Crippen molar-refractivity contribution in [2.24, 2.45) is 0 Å². The van der Waals surface area contributed by atoms with Gasteiger partial charge in [-0.15, -0.1) is 0 Å². The van der Waals surface area contributed by atoms with Crippen LogP contribution in [0.3, 0.4) is 0 Å². The molecule has 0 bridgehead atoms. The molecule has 0 atom stereocenters. The number of nitrogens with zero attached hydrogens (tertiary/aromatic N) is 1. The van der Waals surface area contributed by atoms with Gasteiger partial charge in [0.1, 0.15) is 17.2 Å². The zero-order chi connectivity index (χ0) is 21.6. The molecular weight excluding hydrogens is 388 g/mol. The Labute approximate surface area is 183 Å². The highest BCUT2D eigenvalue weighted by Gasteiger charge is 2.28. The van der Waals surface area contributed by atoms with Crippen molar-refractivity contribution in [3.8, 4) is 11.5 Å². The Hall–Kier alpha value is -3.44. The van der Waals surface area contributed by atoms with Crippen LogP contribution in [-0.4, -0.2) is 19.8 Å². The summed E-state index contributed by atoms with van der Waals surface area (Å²) in [4.78, 5) is 6.19. The standard InChI is InChI=1S/C26H28N2O3/c1-4-29-21-14-12-20(13-15-21)26-25(19-10-8-7-9-11-19)27-23-17-16-22(30-5-2)18-24(23)28(26)31-6-3/h7-18,27H,4-6H2,1-3H3. The van der Waals surface area contributed by atoms with Gasteiger partial charge in [0.2, 0.25) is 0 Å². The van der Waals surface area contributed by atoms with Crippen molar-refractivity contribution in [2.75, 3.05) is 30.2 Å². The predicted molar refractivity (Wildman–Crippen MR) is 126 cm³/mol. The molecule has 0 saturated carbocycles. The van der Waals surface area contributed by atoms with Gasteiger partial charge in [0.05, 0.1) is 36.9 Å². The quantitative estimate of drug-likeness (QED) is 0.474. The largest absolute Gasteiger partial charge is 0.494 e. The second-order valence-corrected chi connectivity index (χ2v) is 7.00. The lowest BCUT2D eigenvalue weighted by Gasteiger charge is -2.35. The van der Waals surface area contributed by atoms with E-state index in [0.29, 0.717) is 19.8 Å². The molecule has 1 aliphatic rings. The minimum Gasteiger partial charge on any atom is -0.494 e. The smallest absolute Gasteiger partial charge is 0.121 e. The summed E-state index contributed by atoms with van der Waals surface area (Å²) in [6, 6.07) is 24.4. The van der Waals surface area contributed by atoms with Crippen LogP contribution in [0.4, 0.5) is 11.4 Å². The molecule has 5 heteroatoms. The summed E-state index contributed by atoms with van der Waals surface area (Å²) in [5, 5.41) is 5.54. The number of rotatable bonds is 8. The van der Waals surface area contributed by atoms with E-state index in [1.165, 1.54) is 0 Å². The lowest BCUT2D eigenvalue weighted by atomic mass is 10.0. The third-order valence-corrected chi connectivity index (χ3v) is 4.96. The van der Waals surface area contributed by atoms with Crippen LogP contribution in [0.25, 0.3) is 11.4 Å². The highest BCUT2D eigenvalue weighted by molar-refractivity contribution is 6.06. The zero-order valence-electron chi connectivity index (χ0n) is 18.2. The molecule has 3 aromatic carbocycles. The third kappa shape index (κ3) is 4.37. The maximum atomic E-state index is 6.19. The van der Waals surface area contributed by atoms with E-state index in [9.17, 15) is 0 Å². The summed E-state index contributed by atoms with van der Waals surface area (Å²) in [5.41, 5.74) is 5.90. The average Bonchev–Trinajstić information content (AvgIpc) is 2.81. The molecule has 1 heterocycles. The molecule has 31 heavy (non-hydrogen) atoms. The van der Waals surface area contributed by atoms with E-state index in [0.717, 1.165) is 45.4 Å². The van der Waals surface area contributed by atoms with Crippen molar-refractivity contribution in [1.29, 1.82) is 0 Å². The summed E-state index contributed by atoms with van der Waals surface area (Å²) in [5.74, 6) is 1.65. The van der Waals surface area contributed by atoms with Gasteiger partial charge in [-0.25, -0.2) is 5.06 Å². The summed E-state index contributed by atoms with van der Waals surface area (Å²) in [6.45, 7) is 7.73. The van der Waals surface area contributed by atoms with Gasteiger partial charge in [0, 0.05) is 17.2 Å². The molecule has 4 rings (SSSR count). The van der Waals surface area contributed by atoms with Crippen molar-refractivity contribution >= 4 is 22.8 Å². The van der Waals surface area contributed by atoms with E-state index < -0.39 is 0 Å². The van der Waals surface area contributed by atoms with Gasteiger partial charge in [-0.3, -0.25) is 4.84 Å². The van der Waals surface area contributed by atoms with Crippen LogP contribution >= 0.6 is 0 Å². The summed E-state index contributed by atoms with van der Waals surface area (Å²) >= 11 is 0. The van der Waals surface area contributed by atoms with Gasteiger partial charge in [0.25, 0.3) is 0 Å². The molecule has 0 amide bonds. The highest BCUT2D eigenvalue weighted by Crippen LogP contribution is 2.44. The number of anilines is 2. The molecule has 0 spiro atoms. The van der Waals surface area contributed by atoms with Crippen LogP contribution in [0.15, 0.2) is 72.8 Å². The monoisotopic (exact) mass is 416 g/mol. The SMILES string of the molecule is CCOc1ccc(C2=C(c3ccccc3)Nc3ccc(OCC)cc3N2OCC)cc1. The molecule has 0 aromatic heterocycles. The number of ether oxygens (including phenoxy) is 2. The molecule has 1 aliphatic heterocycles. The fraction of sp³-hybridized carbons (Fsp3) is 0.231. The Balaban J connectivity index is 1.89. The Kier molecular flexibility index (Phi) is 6.43. The van der Waals surface area contributed by atoms with Gasteiger partial charge in [0.15, 0.2) is 0 Å². The maximum absolute atomic E-state index is 6.19. The second kappa shape index (κ2) is 9.58. The van der Waals surface area contributed by atoms with Gasteiger partial charge >= 0.3 is 0 Å². The first-order valence-electron chi connectivity index (χ1n) is 10.7. The molecule has 0 unspecified atom stereocenters. The minimum absolute atomic E-state index is 0.529. The van der Waals surface area contributed by atoms with Gasteiger partial charge in [-0.1, -0.05) is 30.3 Å². The Morgan fingerprint density at radius 3 is 2.06 bits per heavy atom. The van der Waals surface area contributed by atoms with Crippen molar-refractivity contribution in [3.05, 3.63) is 83.9 Å². The van der Waals surface area contributed by atoms with E-state index in [-0.39, 0.29) is 0 Å². The number of hydrogen-bond donors (Lipinski definition) is 1. The lowest BCUT2D eigenvalue weighted by molar-refractivity contribution is 0.151. The summed E-state index contributed by atoms with van der Waals surface area (Å²) in [6.07, 6.45) is 0. The average molecular weight is 417 g/mol. The Morgan fingerprint density at radius 2 is 1.39 bits per heavy atom. The normalized spacial score (nSPS) is 12.9. The molecule has 0 aliphatic carbocycles. The van der Waals surface area contributed by atoms with Crippen LogP contribution in [-0.2, 0) is 4.84 Å². The van der Waals surface area contributed by atoms with Crippen LogP contribution in [0, 0.1) is 0 Å². The first kappa shape index (κ1) is 20.8. The van der Waals surface area contributed by atoms with E-state index in [2.05, 4.69) is 29.6 Å². The predicted octanol–water partition coefficient (Wildman–Crippen LogP) is 6.19. The van der Waals surface area contributed by atoms with Crippen molar-refractivity contribution in [2.45, 2.75) is 20.8 Å². The molecule has 1 N–H and O–H groups in total. The molecule has 3 aromatic rings. The second-order valence-electron chi connectivity index (χ2n) is 7.00. The Bertz CT molecular complexity index is 1050. The van der Waals surface area contributed by atoms with Crippen LogP contribution < -0.4 is 19.9 Å². The Morgan fingerprint density at radius 1 is 0.710 bits per heavy atom. The summed E-state index contributed by atoms with van der Waals surface area (Å²) in [7, 11) is 0. The number of hydrogen-bond acceptors (Lipinski definition) is 5. The number of benzene rings is 3.